The lowest BCUT2D eigenvalue weighted by atomic mass is 10.1. The molecular weight excluding hydrogens is 331 g/mol. The van der Waals surface area contributed by atoms with Crippen LogP contribution in [0.3, 0.4) is 0 Å². The van der Waals surface area contributed by atoms with Crippen LogP contribution < -0.4 is 9.64 Å². The van der Waals surface area contributed by atoms with E-state index in [4.69, 9.17) is 9.47 Å². The third-order valence-corrected chi connectivity index (χ3v) is 3.64. The predicted octanol–water partition coefficient (Wildman–Crippen LogP) is 3.17. The van der Waals surface area contributed by atoms with Crippen molar-refractivity contribution in [3.8, 4) is 5.75 Å². The molecule has 132 valence electrons. The maximum absolute atomic E-state index is 13.8. The third-order valence-electron chi connectivity index (χ3n) is 3.64. The molecule has 0 N–H and O–H groups in total. The number of non-ortho nitro benzene ring substituents is 1. The summed E-state index contributed by atoms with van der Waals surface area (Å²) in [5, 5.41) is 10.9. The lowest BCUT2D eigenvalue weighted by molar-refractivity contribution is -0.384. The van der Waals surface area contributed by atoms with Crippen LogP contribution in [0.25, 0.3) is 0 Å². The molecule has 0 aliphatic carbocycles. The zero-order valence-electron chi connectivity index (χ0n) is 14.0. The maximum Gasteiger partial charge on any atom is 0.340 e. The van der Waals surface area contributed by atoms with Gasteiger partial charge < -0.3 is 14.4 Å². The van der Waals surface area contributed by atoms with Crippen molar-refractivity contribution in [2.24, 2.45) is 0 Å². The van der Waals surface area contributed by atoms with Crippen LogP contribution in [0.4, 0.5) is 15.8 Å². The number of hydrogen-bond donors (Lipinski definition) is 0. The van der Waals surface area contributed by atoms with Gasteiger partial charge in [0.15, 0.2) is 11.6 Å². The summed E-state index contributed by atoms with van der Waals surface area (Å²) in [6.07, 6.45) is 0. The Morgan fingerprint density at radius 1 is 1.24 bits per heavy atom. The van der Waals surface area contributed by atoms with Crippen LogP contribution in [-0.4, -0.2) is 32.2 Å². The SMILES string of the molecule is COC(=O)c1cc([N+](=O)[O-])ccc1N(C)Cc1ccc(OC)c(F)c1. The normalized spacial score (nSPS) is 10.2. The van der Waals surface area contributed by atoms with Crippen LogP contribution in [0, 0.1) is 15.9 Å². The van der Waals surface area contributed by atoms with Crippen LogP contribution in [0.5, 0.6) is 5.75 Å². The Morgan fingerprint density at radius 3 is 2.52 bits per heavy atom. The van der Waals surface area contributed by atoms with Crippen molar-refractivity contribution in [2.45, 2.75) is 6.54 Å². The van der Waals surface area contributed by atoms with Gasteiger partial charge in [0.05, 0.1) is 30.4 Å². The molecule has 0 heterocycles. The first-order valence-electron chi connectivity index (χ1n) is 7.27. The summed E-state index contributed by atoms with van der Waals surface area (Å²) in [4.78, 5) is 24.0. The molecule has 0 saturated carbocycles. The predicted molar refractivity (Wildman–Crippen MR) is 89.5 cm³/mol. The highest BCUT2D eigenvalue weighted by atomic mass is 19.1. The molecule has 0 radical (unpaired) electrons. The third kappa shape index (κ3) is 4.03. The fourth-order valence-electron chi connectivity index (χ4n) is 2.41. The van der Waals surface area contributed by atoms with Gasteiger partial charge in [0, 0.05) is 25.7 Å². The quantitative estimate of drug-likeness (QED) is 0.453. The number of ether oxygens (including phenoxy) is 2. The molecule has 7 nitrogen and oxygen atoms in total. The summed E-state index contributed by atoms with van der Waals surface area (Å²) in [6.45, 7) is 0.280. The van der Waals surface area contributed by atoms with Crippen LogP contribution >= 0.6 is 0 Å². The Hall–Kier alpha value is -3.16. The van der Waals surface area contributed by atoms with Gasteiger partial charge in [-0.3, -0.25) is 10.1 Å². The van der Waals surface area contributed by atoms with Crippen LogP contribution in [0.1, 0.15) is 15.9 Å². The first-order chi connectivity index (χ1) is 11.9. The van der Waals surface area contributed by atoms with Crippen molar-refractivity contribution >= 4 is 17.3 Å². The van der Waals surface area contributed by atoms with Crippen molar-refractivity contribution < 1.29 is 23.6 Å². The zero-order chi connectivity index (χ0) is 18.6. The van der Waals surface area contributed by atoms with Crippen molar-refractivity contribution in [2.75, 3.05) is 26.2 Å². The summed E-state index contributed by atoms with van der Waals surface area (Å²) < 4.78 is 23.4. The van der Waals surface area contributed by atoms with Gasteiger partial charge in [-0.15, -0.1) is 0 Å². The lowest BCUT2D eigenvalue weighted by Crippen LogP contribution is -2.20. The molecule has 0 aliphatic rings. The zero-order valence-corrected chi connectivity index (χ0v) is 14.0. The Labute approximate surface area is 143 Å². The number of nitrogens with zero attached hydrogens (tertiary/aromatic N) is 2. The second kappa shape index (κ2) is 7.61. The minimum absolute atomic E-state index is 0.0631. The molecule has 0 aliphatic heterocycles. The fraction of sp³-hybridized carbons (Fsp3) is 0.235. The molecule has 0 atom stereocenters. The molecule has 0 fully saturated rings. The van der Waals surface area contributed by atoms with Gasteiger partial charge in [0.25, 0.3) is 5.69 Å². The second-order valence-corrected chi connectivity index (χ2v) is 5.28. The molecule has 2 rings (SSSR count). The lowest BCUT2D eigenvalue weighted by Gasteiger charge is -2.22. The number of rotatable bonds is 6. The number of esters is 1. The van der Waals surface area contributed by atoms with Crippen LogP contribution in [-0.2, 0) is 11.3 Å². The van der Waals surface area contributed by atoms with E-state index in [2.05, 4.69) is 0 Å². The van der Waals surface area contributed by atoms with E-state index in [0.717, 1.165) is 6.07 Å². The molecule has 0 amide bonds. The van der Waals surface area contributed by atoms with E-state index in [0.29, 0.717) is 11.3 Å². The Morgan fingerprint density at radius 2 is 1.96 bits per heavy atom. The van der Waals surface area contributed by atoms with Gasteiger partial charge in [-0.05, 0) is 23.8 Å². The molecular formula is C17H17FN2O5. The topological polar surface area (TPSA) is 81.9 Å². The van der Waals surface area contributed by atoms with Crippen molar-refractivity contribution in [1.82, 2.24) is 0 Å². The number of methoxy groups -OCH3 is 2. The average Bonchev–Trinajstić information content (AvgIpc) is 2.60. The van der Waals surface area contributed by atoms with Gasteiger partial charge in [0.1, 0.15) is 0 Å². The number of benzene rings is 2. The molecule has 0 spiro atoms. The molecule has 25 heavy (non-hydrogen) atoms. The van der Waals surface area contributed by atoms with Gasteiger partial charge in [-0.1, -0.05) is 6.07 Å². The first-order valence-corrected chi connectivity index (χ1v) is 7.27. The summed E-state index contributed by atoms with van der Waals surface area (Å²) >= 11 is 0. The number of nitro benzene ring substituents is 1. The molecule has 0 bridgehead atoms. The Balaban J connectivity index is 2.34. The monoisotopic (exact) mass is 348 g/mol. The second-order valence-electron chi connectivity index (χ2n) is 5.28. The van der Waals surface area contributed by atoms with Gasteiger partial charge >= 0.3 is 5.97 Å². The summed E-state index contributed by atoms with van der Waals surface area (Å²) in [5.74, 6) is -1.05. The van der Waals surface area contributed by atoms with E-state index in [1.54, 1.807) is 18.0 Å². The number of hydrogen-bond acceptors (Lipinski definition) is 6. The van der Waals surface area contributed by atoms with Gasteiger partial charge in [-0.25, -0.2) is 9.18 Å². The van der Waals surface area contributed by atoms with E-state index in [1.165, 1.54) is 38.5 Å². The van der Waals surface area contributed by atoms with Crippen molar-refractivity contribution in [1.29, 1.82) is 0 Å². The standard InChI is InChI=1S/C17H17FN2O5/c1-19(10-11-4-7-16(24-2)14(18)8-11)15-6-5-12(20(22)23)9-13(15)17(21)25-3/h4-9H,10H2,1-3H3. The Bertz CT molecular complexity index is 810. The highest BCUT2D eigenvalue weighted by Crippen LogP contribution is 2.27. The fourth-order valence-corrected chi connectivity index (χ4v) is 2.41. The smallest absolute Gasteiger partial charge is 0.340 e. The highest BCUT2D eigenvalue weighted by molar-refractivity contribution is 5.96. The highest BCUT2D eigenvalue weighted by Gasteiger charge is 2.20. The molecule has 0 saturated heterocycles. The summed E-state index contributed by atoms with van der Waals surface area (Å²) in [6, 6.07) is 8.46. The average molecular weight is 348 g/mol. The first kappa shape index (κ1) is 18.2. The van der Waals surface area contributed by atoms with Crippen molar-refractivity contribution in [3.05, 3.63) is 63.5 Å². The van der Waals surface area contributed by atoms with E-state index in [9.17, 15) is 19.3 Å². The minimum atomic E-state index is -0.688. The Kier molecular flexibility index (Phi) is 5.53. The number of carbonyl (C=O) groups is 1. The molecule has 0 unspecified atom stereocenters. The number of anilines is 1. The van der Waals surface area contributed by atoms with E-state index in [-0.39, 0.29) is 23.5 Å². The number of nitro groups is 1. The van der Waals surface area contributed by atoms with Crippen molar-refractivity contribution in [3.63, 3.8) is 0 Å². The summed E-state index contributed by atoms with van der Waals surface area (Å²) in [7, 11) is 4.27. The van der Waals surface area contributed by atoms with Crippen LogP contribution in [0.2, 0.25) is 0 Å². The molecule has 2 aromatic carbocycles. The number of carbonyl (C=O) groups excluding carboxylic acids is 1. The number of halogens is 1. The van der Waals surface area contributed by atoms with E-state index >= 15 is 0 Å². The largest absolute Gasteiger partial charge is 0.494 e. The van der Waals surface area contributed by atoms with E-state index < -0.39 is 16.7 Å². The summed E-state index contributed by atoms with van der Waals surface area (Å²) in [5.41, 5.74) is 0.935. The van der Waals surface area contributed by atoms with Crippen LogP contribution in [0.15, 0.2) is 36.4 Å². The minimum Gasteiger partial charge on any atom is -0.494 e. The molecule has 2 aromatic rings. The van der Waals surface area contributed by atoms with Gasteiger partial charge in [0.2, 0.25) is 0 Å². The molecule has 8 heteroatoms. The maximum atomic E-state index is 13.8. The molecule has 0 aromatic heterocycles. The van der Waals surface area contributed by atoms with Gasteiger partial charge in [-0.2, -0.15) is 0 Å². The van der Waals surface area contributed by atoms with E-state index in [1.807, 2.05) is 0 Å².